The van der Waals surface area contributed by atoms with Gasteiger partial charge in [-0.2, -0.15) is 0 Å². The van der Waals surface area contributed by atoms with E-state index in [2.05, 4.69) is 18.8 Å². The van der Waals surface area contributed by atoms with Gasteiger partial charge in [0.1, 0.15) is 0 Å². The fourth-order valence-electron chi connectivity index (χ4n) is 3.76. The van der Waals surface area contributed by atoms with Crippen LogP contribution in [0.1, 0.15) is 51.4 Å². The Balaban J connectivity index is 0.00000112. The van der Waals surface area contributed by atoms with Crippen molar-refractivity contribution in [1.82, 2.24) is 0 Å². The van der Waals surface area contributed by atoms with Crippen molar-refractivity contribution in [1.29, 1.82) is 0 Å². The second-order valence-electron chi connectivity index (χ2n) is 5.53. The summed E-state index contributed by atoms with van der Waals surface area (Å²) in [5.41, 5.74) is 4.60. The van der Waals surface area contributed by atoms with E-state index < -0.39 is 8.07 Å². The van der Waals surface area contributed by atoms with Gasteiger partial charge in [0.2, 0.25) is 0 Å². The van der Waals surface area contributed by atoms with Gasteiger partial charge in [-0.15, -0.1) is 12.3 Å². The minimum atomic E-state index is -1.09. The van der Waals surface area contributed by atoms with E-state index in [1.54, 1.807) is 0 Å². The summed E-state index contributed by atoms with van der Waals surface area (Å²) < 4.78 is 0. The first-order chi connectivity index (χ1) is 6.77. The average Bonchev–Trinajstić information content (AvgIpc) is 2.88. The first-order valence-corrected chi connectivity index (χ1v) is 9.14. The molecule has 2 saturated carbocycles. The summed E-state index contributed by atoms with van der Waals surface area (Å²) in [4.78, 5) is 0. The monoisotopic (exact) mass is 264 g/mol. The minimum absolute atomic E-state index is 0. The summed E-state index contributed by atoms with van der Waals surface area (Å²) in [6.07, 6.45) is 12.1. The maximum absolute atomic E-state index is 4.18. The molecule has 2 aliphatic carbocycles. The molecule has 0 bridgehead atoms. The largest absolute Gasteiger partial charge is 0.107 e. The van der Waals surface area contributed by atoms with E-state index in [9.17, 15) is 0 Å². The Labute approximate surface area is 106 Å². The molecule has 2 rings (SSSR count). The van der Waals surface area contributed by atoms with Gasteiger partial charge in [0, 0.05) is 17.1 Å². The molecule has 0 N–H and O–H groups in total. The minimum Gasteiger partial charge on any atom is -0.107 e. The van der Waals surface area contributed by atoms with Crippen molar-refractivity contribution >= 4 is 8.07 Å². The first kappa shape index (κ1) is 13.5. The number of hydrogen-bond donors (Lipinski definition) is 0. The van der Waals surface area contributed by atoms with Crippen molar-refractivity contribution in [3.8, 4) is 0 Å². The second kappa shape index (κ2) is 5.70. The van der Waals surface area contributed by atoms with E-state index >= 15 is 0 Å². The predicted molar refractivity (Wildman–Crippen MR) is 66.3 cm³/mol. The van der Waals surface area contributed by atoms with Gasteiger partial charge in [0.15, 0.2) is 0 Å². The molecule has 0 aliphatic heterocycles. The van der Waals surface area contributed by atoms with E-state index in [4.69, 9.17) is 0 Å². The first-order valence-electron chi connectivity index (χ1n) is 6.41. The average molecular weight is 264 g/mol. The van der Waals surface area contributed by atoms with Crippen LogP contribution in [0.4, 0.5) is 0 Å². The van der Waals surface area contributed by atoms with Gasteiger partial charge in [0.25, 0.3) is 0 Å². The zero-order valence-corrected chi connectivity index (χ0v) is 12.1. The third-order valence-corrected chi connectivity index (χ3v) is 10.5. The number of hydrogen-bond acceptors (Lipinski definition) is 0. The molecule has 0 atom stereocenters. The Morgan fingerprint density at radius 3 is 1.53 bits per heavy atom. The summed E-state index contributed by atoms with van der Waals surface area (Å²) >= 11 is 0. The molecular weight excluding hydrogens is 240 g/mol. The quantitative estimate of drug-likeness (QED) is 0.649. The van der Waals surface area contributed by atoms with Gasteiger partial charge in [-0.05, 0) is 11.1 Å². The van der Waals surface area contributed by atoms with Crippen molar-refractivity contribution in [2.24, 2.45) is 0 Å². The van der Waals surface area contributed by atoms with Crippen LogP contribution in [-0.2, 0) is 17.1 Å². The Hall–Kier alpha value is 0.476. The second-order valence-corrected chi connectivity index (χ2v) is 10.3. The van der Waals surface area contributed by atoms with Crippen LogP contribution in [-0.4, -0.2) is 8.07 Å². The zero-order chi connectivity index (χ0) is 10.0. The Morgan fingerprint density at radius 2 is 1.27 bits per heavy atom. The summed E-state index contributed by atoms with van der Waals surface area (Å²) in [6, 6.07) is 0. The molecule has 0 amide bonds. The fourth-order valence-corrected chi connectivity index (χ4v) is 8.40. The van der Waals surface area contributed by atoms with Gasteiger partial charge in [-0.25, -0.2) is 0 Å². The Bertz CT molecular complexity index is 187. The van der Waals surface area contributed by atoms with Gasteiger partial charge in [-0.3, -0.25) is 0 Å². The molecule has 2 aliphatic rings. The molecule has 0 heterocycles. The summed E-state index contributed by atoms with van der Waals surface area (Å²) in [7, 11) is -1.09. The molecule has 2 heteroatoms. The van der Waals surface area contributed by atoms with E-state index in [1.165, 1.54) is 51.4 Å². The molecule has 0 aromatic heterocycles. The van der Waals surface area contributed by atoms with Crippen LogP contribution in [0.15, 0.2) is 12.3 Å². The van der Waals surface area contributed by atoms with E-state index in [0.29, 0.717) is 0 Å². The normalized spacial score (nSPS) is 24.1. The molecule has 0 unspecified atom stereocenters. The standard InChI is InChI=1S/C13H24Si.Fe/c1-3-14(2,12-8-4-5-9-12)13-10-6-7-11-13;/h3,12-13H,1,4-11H2,2H3;. The summed E-state index contributed by atoms with van der Waals surface area (Å²) in [6.45, 7) is 6.80. The fraction of sp³-hybridized carbons (Fsp3) is 0.846. The molecule has 88 valence electrons. The SMILES string of the molecule is C=C[Si](C)(C1CCCC1)C1CCCC1.[Fe]. The van der Waals surface area contributed by atoms with Crippen molar-refractivity contribution < 1.29 is 17.1 Å². The van der Waals surface area contributed by atoms with Crippen LogP contribution in [0.5, 0.6) is 0 Å². The van der Waals surface area contributed by atoms with Crippen molar-refractivity contribution in [2.45, 2.75) is 69.0 Å². The van der Waals surface area contributed by atoms with Gasteiger partial charge in [0.05, 0.1) is 8.07 Å². The molecular formula is C13H24FeSi. The van der Waals surface area contributed by atoms with Crippen LogP contribution in [0.3, 0.4) is 0 Å². The van der Waals surface area contributed by atoms with Crippen LogP contribution in [0.25, 0.3) is 0 Å². The topological polar surface area (TPSA) is 0 Å². The maximum atomic E-state index is 4.18. The van der Waals surface area contributed by atoms with E-state index in [1.807, 2.05) is 0 Å². The van der Waals surface area contributed by atoms with Crippen LogP contribution < -0.4 is 0 Å². The van der Waals surface area contributed by atoms with E-state index in [0.717, 1.165) is 11.1 Å². The summed E-state index contributed by atoms with van der Waals surface area (Å²) in [5.74, 6) is 0. The van der Waals surface area contributed by atoms with Crippen LogP contribution >= 0.6 is 0 Å². The summed E-state index contributed by atoms with van der Waals surface area (Å²) in [5, 5.41) is 0. The third kappa shape index (κ3) is 2.59. The molecule has 0 aromatic rings. The van der Waals surface area contributed by atoms with E-state index in [-0.39, 0.29) is 17.1 Å². The molecule has 2 fully saturated rings. The van der Waals surface area contributed by atoms with Crippen LogP contribution in [0, 0.1) is 0 Å². The third-order valence-electron chi connectivity index (χ3n) is 4.91. The van der Waals surface area contributed by atoms with Gasteiger partial charge >= 0.3 is 0 Å². The van der Waals surface area contributed by atoms with Crippen LogP contribution in [0.2, 0.25) is 17.6 Å². The van der Waals surface area contributed by atoms with Gasteiger partial charge < -0.3 is 0 Å². The van der Waals surface area contributed by atoms with Crippen molar-refractivity contribution in [2.75, 3.05) is 0 Å². The number of rotatable bonds is 3. The maximum Gasteiger partial charge on any atom is 0.0801 e. The zero-order valence-electron chi connectivity index (χ0n) is 9.95. The molecule has 0 saturated heterocycles. The molecule has 0 spiro atoms. The predicted octanol–water partition coefficient (Wildman–Crippen LogP) is 4.68. The van der Waals surface area contributed by atoms with Gasteiger partial charge in [-0.1, -0.05) is 57.9 Å². The van der Waals surface area contributed by atoms with Crippen molar-refractivity contribution in [3.63, 3.8) is 0 Å². The Kier molecular flexibility index (Phi) is 5.15. The molecule has 0 radical (unpaired) electrons. The van der Waals surface area contributed by atoms with Crippen molar-refractivity contribution in [3.05, 3.63) is 12.3 Å². The smallest absolute Gasteiger partial charge is 0.0801 e. The molecule has 15 heavy (non-hydrogen) atoms. The molecule has 0 aromatic carbocycles. The molecule has 0 nitrogen and oxygen atoms in total. The Morgan fingerprint density at radius 1 is 0.933 bits per heavy atom.